The third-order valence-electron chi connectivity index (χ3n) is 2.65. The number of amides is 2. The molecule has 3 N–H and O–H groups in total. The largest absolute Gasteiger partial charge is 0.368 e. The average Bonchev–Trinajstić information content (AvgIpc) is 2.18. The van der Waals surface area contributed by atoms with Crippen LogP contribution in [0.2, 0.25) is 0 Å². The SMILES string of the molecule is CN(CC(N)=O)C(=O)CC1CCCCN1. The Labute approximate surface area is 90.0 Å². The Hall–Kier alpha value is -1.10. The predicted octanol–water partition coefficient (Wildman–Crippen LogP) is -0.538. The van der Waals surface area contributed by atoms with Gasteiger partial charge in [0.15, 0.2) is 0 Å². The van der Waals surface area contributed by atoms with Gasteiger partial charge in [-0.1, -0.05) is 6.42 Å². The van der Waals surface area contributed by atoms with Crippen LogP contribution in [0, 0.1) is 0 Å². The average molecular weight is 213 g/mol. The third kappa shape index (κ3) is 4.29. The molecule has 1 aliphatic heterocycles. The summed E-state index contributed by atoms with van der Waals surface area (Å²) in [5, 5.41) is 3.29. The lowest BCUT2D eigenvalue weighted by Gasteiger charge is -2.25. The van der Waals surface area contributed by atoms with E-state index in [1.807, 2.05) is 0 Å². The first-order valence-corrected chi connectivity index (χ1v) is 5.35. The molecule has 0 bridgehead atoms. The standard InChI is InChI=1S/C10H19N3O2/c1-13(7-9(11)14)10(15)6-8-4-2-3-5-12-8/h8,12H,2-7H2,1H3,(H2,11,14). The summed E-state index contributed by atoms with van der Waals surface area (Å²) in [7, 11) is 1.61. The molecule has 0 aromatic rings. The van der Waals surface area contributed by atoms with Gasteiger partial charge >= 0.3 is 0 Å². The second-order valence-corrected chi connectivity index (χ2v) is 4.07. The van der Waals surface area contributed by atoms with Gasteiger partial charge in [-0.2, -0.15) is 0 Å². The van der Waals surface area contributed by atoms with Crippen molar-refractivity contribution in [3.63, 3.8) is 0 Å². The minimum Gasteiger partial charge on any atom is -0.368 e. The highest BCUT2D eigenvalue weighted by Crippen LogP contribution is 2.10. The van der Waals surface area contributed by atoms with Crippen LogP contribution >= 0.6 is 0 Å². The van der Waals surface area contributed by atoms with Gasteiger partial charge in [0.1, 0.15) is 0 Å². The van der Waals surface area contributed by atoms with E-state index < -0.39 is 5.91 Å². The van der Waals surface area contributed by atoms with Gasteiger partial charge in [-0.25, -0.2) is 0 Å². The maximum absolute atomic E-state index is 11.6. The first-order chi connectivity index (χ1) is 7.09. The zero-order valence-electron chi connectivity index (χ0n) is 9.16. The molecule has 0 spiro atoms. The normalized spacial score (nSPS) is 21.0. The summed E-state index contributed by atoms with van der Waals surface area (Å²) in [4.78, 5) is 23.6. The molecular formula is C10H19N3O2. The molecule has 1 saturated heterocycles. The van der Waals surface area contributed by atoms with E-state index >= 15 is 0 Å². The van der Waals surface area contributed by atoms with Crippen LogP contribution in [-0.4, -0.2) is 42.9 Å². The van der Waals surface area contributed by atoms with Crippen molar-refractivity contribution in [1.29, 1.82) is 0 Å². The lowest BCUT2D eigenvalue weighted by molar-refractivity contribution is -0.134. The van der Waals surface area contributed by atoms with Crippen molar-refractivity contribution in [1.82, 2.24) is 10.2 Å². The molecular weight excluding hydrogens is 194 g/mol. The van der Waals surface area contributed by atoms with Gasteiger partial charge < -0.3 is 16.0 Å². The summed E-state index contributed by atoms with van der Waals surface area (Å²) >= 11 is 0. The maximum Gasteiger partial charge on any atom is 0.237 e. The summed E-state index contributed by atoms with van der Waals surface area (Å²) in [6.07, 6.45) is 3.85. The Balaban J connectivity index is 2.30. The molecule has 0 aliphatic carbocycles. The van der Waals surface area contributed by atoms with Crippen LogP contribution in [0.3, 0.4) is 0 Å². The highest BCUT2D eigenvalue weighted by atomic mass is 16.2. The fourth-order valence-electron chi connectivity index (χ4n) is 1.79. The molecule has 5 nitrogen and oxygen atoms in total. The Kier molecular flexibility index (Phi) is 4.55. The first-order valence-electron chi connectivity index (χ1n) is 5.35. The molecule has 0 aromatic heterocycles. The number of hydrogen-bond acceptors (Lipinski definition) is 3. The van der Waals surface area contributed by atoms with E-state index in [0.717, 1.165) is 13.0 Å². The third-order valence-corrected chi connectivity index (χ3v) is 2.65. The number of rotatable bonds is 4. The Bertz CT molecular complexity index is 237. The molecule has 0 aromatic carbocycles. The van der Waals surface area contributed by atoms with Crippen molar-refractivity contribution in [2.75, 3.05) is 20.1 Å². The second kappa shape index (κ2) is 5.70. The predicted molar refractivity (Wildman–Crippen MR) is 57.1 cm³/mol. The van der Waals surface area contributed by atoms with Gasteiger partial charge in [0.2, 0.25) is 11.8 Å². The number of piperidine rings is 1. The van der Waals surface area contributed by atoms with Crippen molar-refractivity contribution in [3.05, 3.63) is 0 Å². The minimum absolute atomic E-state index is 0.00551. The molecule has 1 atom stereocenters. The van der Waals surface area contributed by atoms with Crippen molar-refractivity contribution >= 4 is 11.8 Å². The van der Waals surface area contributed by atoms with E-state index in [9.17, 15) is 9.59 Å². The topological polar surface area (TPSA) is 75.4 Å². The zero-order valence-corrected chi connectivity index (χ0v) is 9.16. The van der Waals surface area contributed by atoms with Crippen molar-refractivity contribution in [3.8, 4) is 0 Å². The number of likely N-dealkylation sites (N-methyl/N-ethyl adjacent to an activating group) is 1. The van der Waals surface area contributed by atoms with Gasteiger partial charge in [0.05, 0.1) is 6.54 Å². The summed E-state index contributed by atoms with van der Waals surface area (Å²) in [5.41, 5.74) is 5.02. The Morgan fingerprint density at radius 2 is 2.20 bits per heavy atom. The first kappa shape index (κ1) is 12.0. The second-order valence-electron chi connectivity index (χ2n) is 4.07. The van der Waals surface area contributed by atoms with Crippen molar-refractivity contribution in [2.45, 2.75) is 31.7 Å². The van der Waals surface area contributed by atoms with Crippen LogP contribution in [0.1, 0.15) is 25.7 Å². The lowest BCUT2D eigenvalue weighted by Crippen LogP contribution is -2.41. The molecule has 15 heavy (non-hydrogen) atoms. The smallest absolute Gasteiger partial charge is 0.237 e. The number of primary amides is 1. The highest BCUT2D eigenvalue weighted by molar-refractivity contribution is 5.83. The van der Waals surface area contributed by atoms with E-state index in [-0.39, 0.29) is 18.5 Å². The fraction of sp³-hybridized carbons (Fsp3) is 0.800. The van der Waals surface area contributed by atoms with Crippen molar-refractivity contribution < 1.29 is 9.59 Å². The molecule has 1 aliphatic rings. The van der Waals surface area contributed by atoms with Gasteiger partial charge in [-0.05, 0) is 19.4 Å². The lowest BCUT2D eigenvalue weighted by atomic mass is 10.0. The molecule has 1 fully saturated rings. The van der Waals surface area contributed by atoms with E-state index in [0.29, 0.717) is 6.42 Å². The molecule has 1 rings (SSSR count). The molecule has 86 valence electrons. The van der Waals surface area contributed by atoms with Crippen LogP contribution in [0.4, 0.5) is 0 Å². The number of nitrogens with two attached hydrogens (primary N) is 1. The number of carbonyl (C=O) groups is 2. The van der Waals surface area contributed by atoms with E-state index in [1.165, 1.54) is 17.7 Å². The number of nitrogens with one attached hydrogen (secondary N) is 1. The van der Waals surface area contributed by atoms with Gasteiger partial charge in [0.25, 0.3) is 0 Å². The molecule has 0 radical (unpaired) electrons. The number of hydrogen-bond donors (Lipinski definition) is 2. The molecule has 1 unspecified atom stereocenters. The minimum atomic E-state index is -0.470. The summed E-state index contributed by atoms with van der Waals surface area (Å²) in [5.74, 6) is -0.490. The van der Waals surface area contributed by atoms with Crippen molar-refractivity contribution in [2.24, 2.45) is 5.73 Å². The molecule has 2 amide bonds. The summed E-state index contributed by atoms with van der Waals surface area (Å²) in [6.45, 7) is 0.989. The van der Waals surface area contributed by atoms with Gasteiger partial charge in [-0.15, -0.1) is 0 Å². The molecule has 5 heteroatoms. The van der Waals surface area contributed by atoms with E-state index in [1.54, 1.807) is 7.05 Å². The summed E-state index contributed by atoms with van der Waals surface area (Å²) in [6, 6.07) is 0.265. The quantitative estimate of drug-likeness (QED) is 0.658. The van der Waals surface area contributed by atoms with Crippen LogP contribution < -0.4 is 11.1 Å². The van der Waals surface area contributed by atoms with Crippen LogP contribution in [0.15, 0.2) is 0 Å². The van der Waals surface area contributed by atoms with Gasteiger partial charge in [0, 0.05) is 19.5 Å². The van der Waals surface area contributed by atoms with Crippen LogP contribution in [0.5, 0.6) is 0 Å². The van der Waals surface area contributed by atoms with Gasteiger partial charge in [-0.3, -0.25) is 9.59 Å². The van der Waals surface area contributed by atoms with E-state index in [4.69, 9.17) is 5.73 Å². The monoisotopic (exact) mass is 213 g/mol. The number of carbonyl (C=O) groups excluding carboxylic acids is 2. The molecule has 0 saturated carbocycles. The maximum atomic E-state index is 11.6. The Morgan fingerprint density at radius 1 is 1.47 bits per heavy atom. The zero-order chi connectivity index (χ0) is 11.3. The van der Waals surface area contributed by atoms with Crippen LogP contribution in [0.25, 0.3) is 0 Å². The van der Waals surface area contributed by atoms with Crippen LogP contribution in [-0.2, 0) is 9.59 Å². The number of nitrogens with zero attached hydrogens (tertiary/aromatic N) is 1. The fourth-order valence-corrected chi connectivity index (χ4v) is 1.79. The summed E-state index contributed by atoms with van der Waals surface area (Å²) < 4.78 is 0. The highest BCUT2D eigenvalue weighted by Gasteiger charge is 2.19. The Morgan fingerprint density at radius 3 is 2.73 bits per heavy atom. The van der Waals surface area contributed by atoms with E-state index in [2.05, 4.69) is 5.32 Å². The molecule has 1 heterocycles.